The number of nitrogens with zero attached hydrogens (tertiary/aromatic N) is 1. The number of halogens is 2. The molecule has 1 aromatic heterocycles. The molecule has 0 aliphatic heterocycles. The van der Waals surface area contributed by atoms with E-state index in [0.717, 1.165) is 30.6 Å². The molecule has 3 rings (SSSR count). The van der Waals surface area contributed by atoms with Gasteiger partial charge in [-0.1, -0.05) is 119 Å². The Kier molecular flexibility index (Phi) is 17.0. The molecule has 0 unspecified atom stereocenters. The average Bonchev–Trinajstić information content (AvgIpc) is 3.32. The van der Waals surface area contributed by atoms with Crippen LogP contribution in [0.4, 0.5) is 16.2 Å². The molecule has 5 nitrogen and oxygen atoms in total. The Hall–Kier alpha value is -2.09. The van der Waals surface area contributed by atoms with Crippen molar-refractivity contribution in [1.82, 2.24) is 0 Å². The van der Waals surface area contributed by atoms with E-state index in [-0.39, 0.29) is 23.0 Å². The lowest BCUT2D eigenvalue weighted by molar-refractivity contribution is -0.689. The standard InChI is InChI=1S/C32H44ClN3O2S.BrH/c1-3-4-5-6-7-8-9-10-11-12-13-14-22-38-31-29(33)19-16-20-30(31)35-32(37)34-28-18-15-17-27(24-28)25-36-21-23-39-26(36)2;/h15-21,23-24H,3-14,22,25H2,1-2H3,(H-,34,35,37);1H. The summed E-state index contributed by atoms with van der Waals surface area (Å²) >= 11 is 8.14. The SMILES string of the molecule is CCCCCCCCCCCCCCOc1c(Cl)cccc1NC(=O)Nc1cccc(C[n+]2ccsc2C)c1.[Br-]. The molecular formula is C32H45BrClN3O2S. The molecule has 0 radical (unpaired) electrons. The van der Waals surface area contributed by atoms with Gasteiger partial charge in [0.1, 0.15) is 0 Å². The number of benzene rings is 2. The number of unbranched alkanes of at least 4 members (excludes halogenated alkanes) is 11. The quantitative estimate of drug-likeness (QED) is 0.118. The van der Waals surface area contributed by atoms with Crippen molar-refractivity contribution in [1.29, 1.82) is 0 Å². The first-order valence-electron chi connectivity index (χ1n) is 14.6. The third kappa shape index (κ3) is 12.6. The number of amides is 2. The fourth-order valence-corrected chi connectivity index (χ4v) is 5.53. The van der Waals surface area contributed by atoms with Crippen LogP contribution in [0.5, 0.6) is 5.75 Å². The fourth-order valence-electron chi connectivity index (χ4n) is 4.64. The molecule has 8 heteroatoms. The molecule has 0 saturated heterocycles. The normalized spacial score (nSPS) is 10.7. The Morgan fingerprint density at radius 2 is 1.55 bits per heavy atom. The van der Waals surface area contributed by atoms with Gasteiger partial charge in [-0.3, -0.25) is 0 Å². The average molecular weight is 651 g/mol. The number of aromatic nitrogens is 1. The number of ether oxygens (including phenoxy) is 1. The molecular weight excluding hydrogens is 606 g/mol. The van der Waals surface area contributed by atoms with Crippen LogP contribution in [0.3, 0.4) is 0 Å². The number of thiazole rings is 1. The highest BCUT2D eigenvalue weighted by Crippen LogP contribution is 2.33. The second-order valence-corrected chi connectivity index (χ2v) is 11.7. The Labute approximate surface area is 260 Å². The number of nitrogens with one attached hydrogen (secondary N) is 2. The molecule has 0 spiro atoms. The van der Waals surface area contributed by atoms with E-state index in [1.54, 1.807) is 17.4 Å². The highest BCUT2D eigenvalue weighted by molar-refractivity contribution is 7.09. The van der Waals surface area contributed by atoms with Crippen LogP contribution in [0.1, 0.15) is 94.5 Å². The van der Waals surface area contributed by atoms with Crippen molar-refractivity contribution in [3.63, 3.8) is 0 Å². The van der Waals surface area contributed by atoms with E-state index in [2.05, 4.69) is 46.7 Å². The van der Waals surface area contributed by atoms with Crippen LogP contribution in [-0.2, 0) is 6.54 Å². The molecule has 0 atom stereocenters. The number of urea groups is 1. The number of carbonyl (C=O) groups excluding carboxylic acids is 1. The summed E-state index contributed by atoms with van der Waals surface area (Å²) in [6.45, 7) is 5.71. The minimum absolute atomic E-state index is 0. The van der Waals surface area contributed by atoms with Crippen LogP contribution < -0.4 is 36.9 Å². The second-order valence-electron chi connectivity index (χ2n) is 10.2. The maximum atomic E-state index is 12.8. The third-order valence-corrected chi connectivity index (χ3v) is 8.01. The van der Waals surface area contributed by atoms with Crippen molar-refractivity contribution in [2.75, 3.05) is 17.2 Å². The van der Waals surface area contributed by atoms with Crippen LogP contribution in [-0.4, -0.2) is 12.6 Å². The Bertz CT molecular complexity index is 1140. The van der Waals surface area contributed by atoms with Crippen LogP contribution in [0.25, 0.3) is 0 Å². The first kappa shape index (κ1) is 34.1. The lowest BCUT2D eigenvalue weighted by Gasteiger charge is -2.15. The summed E-state index contributed by atoms with van der Waals surface area (Å²) < 4.78 is 8.21. The van der Waals surface area contributed by atoms with E-state index in [0.29, 0.717) is 23.1 Å². The number of rotatable bonds is 18. The van der Waals surface area contributed by atoms with E-state index >= 15 is 0 Å². The number of hydrogen-bond donors (Lipinski definition) is 2. The van der Waals surface area contributed by atoms with Gasteiger partial charge >= 0.3 is 6.03 Å². The minimum Gasteiger partial charge on any atom is -1.00 e. The van der Waals surface area contributed by atoms with Gasteiger partial charge in [0.2, 0.25) is 5.01 Å². The van der Waals surface area contributed by atoms with Gasteiger partial charge in [0.15, 0.2) is 18.5 Å². The zero-order chi connectivity index (χ0) is 27.7. The molecule has 2 N–H and O–H groups in total. The van der Waals surface area contributed by atoms with E-state index in [4.69, 9.17) is 16.3 Å². The summed E-state index contributed by atoms with van der Waals surface area (Å²) in [6.07, 6.45) is 17.7. The van der Waals surface area contributed by atoms with E-state index in [1.807, 2.05) is 30.3 Å². The fraction of sp³-hybridized carbons (Fsp3) is 0.500. The summed E-state index contributed by atoms with van der Waals surface area (Å²) in [6, 6.07) is 13.0. The van der Waals surface area contributed by atoms with Crippen molar-refractivity contribution in [2.24, 2.45) is 0 Å². The second kappa shape index (κ2) is 19.9. The molecule has 0 bridgehead atoms. The monoisotopic (exact) mass is 649 g/mol. The molecule has 0 fully saturated rings. The van der Waals surface area contributed by atoms with Crippen LogP contribution in [0.2, 0.25) is 5.02 Å². The van der Waals surface area contributed by atoms with E-state index < -0.39 is 0 Å². The summed E-state index contributed by atoms with van der Waals surface area (Å²) in [5, 5.41) is 9.65. The minimum atomic E-state index is -0.330. The predicted molar refractivity (Wildman–Crippen MR) is 165 cm³/mol. The van der Waals surface area contributed by atoms with Gasteiger partial charge in [0.05, 0.1) is 22.7 Å². The summed E-state index contributed by atoms with van der Waals surface area (Å²) in [5.41, 5.74) is 2.42. The molecule has 40 heavy (non-hydrogen) atoms. The smallest absolute Gasteiger partial charge is 0.323 e. The van der Waals surface area contributed by atoms with Gasteiger partial charge in [-0.2, -0.15) is 4.57 Å². The molecule has 0 aliphatic carbocycles. The number of hydrogen-bond acceptors (Lipinski definition) is 3. The first-order valence-corrected chi connectivity index (χ1v) is 15.8. The van der Waals surface area contributed by atoms with Crippen LogP contribution in [0, 0.1) is 6.92 Å². The topological polar surface area (TPSA) is 54.2 Å². The summed E-state index contributed by atoms with van der Waals surface area (Å²) in [7, 11) is 0. The third-order valence-electron chi connectivity index (χ3n) is 6.88. The molecule has 0 aliphatic rings. The summed E-state index contributed by atoms with van der Waals surface area (Å²) in [5.74, 6) is 0.524. The van der Waals surface area contributed by atoms with E-state index in [9.17, 15) is 4.79 Å². The Morgan fingerprint density at radius 3 is 2.20 bits per heavy atom. The van der Waals surface area contributed by atoms with Crippen molar-refractivity contribution in [2.45, 2.75) is 97.4 Å². The lowest BCUT2D eigenvalue weighted by atomic mass is 10.1. The van der Waals surface area contributed by atoms with Gasteiger partial charge in [-0.15, -0.1) is 0 Å². The Balaban J connectivity index is 0.00000560. The molecule has 0 saturated carbocycles. The first-order chi connectivity index (χ1) is 19.1. The largest absolute Gasteiger partial charge is 1.00 e. The van der Waals surface area contributed by atoms with E-state index in [1.165, 1.54) is 69.2 Å². The van der Waals surface area contributed by atoms with Crippen LogP contribution in [0.15, 0.2) is 54.0 Å². The van der Waals surface area contributed by atoms with Gasteiger partial charge in [0, 0.05) is 18.2 Å². The van der Waals surface area contributed by atoms with Crippen LogP contribution >= 0.6 is 22.9 Å². The van der Waals surface area contributed by atoms with Gasteiger partial charge in [-0.25, -0.2) is 4.79 Å². The molecule has 220 valence electrons. The highest BCUT2D eigenvalue weighted by Gasteiger charge is 2.13. The zero-order valence-electron chi connectivity index (χ0n) is 24.0. The van der Waals surface area contributed by atoms with Crippen molar-refractivity contribution in [3.8, 4) is 5.75 Å². The molecule has 2 amide bonds. The van der Waals surface area contributed by atoms with Crippen molar-refractivity contribution >= 4 is 40.3 Å². The number of aryl methyl sites for hydroxylation is 1. The van der Waals surface area contributed by atoms with Gasteiger partial charge < -0.3 is 32.4 Å². The highest BCUT2D eigenvalue weighted by atomic mass is 79.9. The zero-order valence-corrected chi connectivity index (χ0v) is 27.2. The number of carbonyl (C=O) groups is 1. The molecule has 2 aromatic carbocycles. The summed E-state index contributed by atoms with van der Waals surface area (Å²) in [4.78, 5) is 12.8. The Morgan fingerprint density at radius 1 is 0.900 bits per heavy atom. The van der Waals surface area contributed by atoms with Crippen molar-refractivity contribution < 1.29 is 31.1 Å². The lowest BCUT2D eigenvalue weighted by Crippen LogP contribution is -3.00. The maximum absolute atomic E-state index is 12.8. The molecule has 1 heterocycles. The number of anilines is 2. The number of para-hydroxylation sites is 1. The van der Waals surface area contributed by atoms with Gasteiger partial charge in [0.25, 0.3) is 0 Å². The molecule has 3 aromatic rings. The van der Waals surface area contributed by atoms with Gasteiger partial charge in [-0.05, 0) is 30.7 Å². The predicted octanol–water partition coefficient (Wildman–Crippen LogP) is 6.77. The van der Waals surface area contributed by atoms with Crippen molar-refractivity contribution in [3.05, 3.63) is 69.6 Å². The maximum Gasteiger partial charge on any atom is 0.323 e.